The molecule has 0 radical (unpaired) electrons. The topological polar surface area (TPSA) is 74.0 Å². The molecule has 0 atom stereocenters. The van der Waals surface area contributed by atoms with Gasteiger partial charge in [-0.2, -0.15) is 10.2 Å². The van der Waals surface area contributed by atoms with Crippen molar-refractivity contribution >= 4 is 27.5 Å². The maximum atomic E-state index is 12.5. The predicted molar refractivity (Wildman–Crippen MR) is 116 cm³/mol. The highest BCUT2D eigenvalue weighted by molar-refractivity contribution is 9.10. The molecule has 0 aliphatic carbocycles. The number of aromatic nitrogens is 4. The molecule has 1 N–H and O–H groups in total. The zero-order valence-corrected chi connectivity index (χ0v) is 19.0. The second kappa shape index (κ2) is 8.82. The van der Waals surface area contributed by atoms with Crippen molar-refractivity contribution in [3.63, 3.8) is 0 Å². The Morgan fingerprint density at radius 1 is 1.10 bits per heavy atom. The fraction of sp³-hybridized carbons (Fsp3) is 0.381. The van der Waals surface area contributed by atoms with E-state index in [1.54, 1.807) is 7.11 Å². The Balaban J connectivity index is 1.67. The Morgan fingerprint density at radius 3 is 2.48 bits per heavy atom. The molecular formula is C21H26BrN5O2. The van der Waals surface area contributed by atoms with Gasteiger partial charge < -0.3 is 10.1 Å². The molecule has 0 aliphatic rings. The first-order valence-corrected chi connectivity index (χ1v) is 10.3. The minimum Gasteiger partial charge on any atom is -0.497 e. The molecule has 8 heteroatoms. The van der Waals surface area contributed by atoms with E-state index in [4.69, 9.17) is 4.74 Å². The number of nitrogens with zero attached hydrogens (tertiary/aromatic N) is 4. The van der Waals surface area contributed by atoms with Crippen LogP contribution in [0.2, 0.25) is 0 Å². The number of halogens is 1. The van der Waals surface area contributed by atoms with Crippen molar-refractivity contribution in [3.8, 4) is 5.75 Å². The molecule has 3 aromatic rings. The van der Waals surface area contributed by atoms with Crippen LogP contribution in [-0.2, 0) is 17.9 Å². The number of hydrogen-bond donors (Lipinski definition) is 1. The summed E-state index contributed by atoms with van der Waals surface area (Å²) in [6.45, 7) is 8.94. The molecule has 154 valence electrons. The SMILES string of the molecule is COc1cccc(Cn2nc(C)c(NC(=O)CCn3nc(C)c(Br)c3C)c2C)c1. The average Bonchev–Trinajstić information content (AvgIpc) is 3.10. The van der Waals surface area contributed by atoms with Crippen molar-refractivity contribution in [1.82, 2.24) is 19.6 Å². The largest absolute Gasteiger partial charge is 0.497 e. The van der Waals surface area contributed by atoms with E-state index >= 15 is 0 Å². The van der Waals surface area contributed by atoms with Crippen LogP contribution in [0.25, 0.3) is 0 Å². The fourth-order valence-electron chi connectivity index (χ4n) is 3.28. The van der Waals surface area contributed by atoms with Crippen LogP contribution in [0.4, 0.5) is 5.69 Å². The minimum absolute atomic E-state index is 0.0548. The average molecular weight is 460 g/mol. The van der Waals surface area contributed by atoms with Gasteiger partial charge >= 0.3 is 0 Å². The van der Waals surface area contributed by atoms with Gasteiger partial charge in [-0.05, 0) is 61.3 Å². The van der Waals surface area contributed by atoms with E-state index in [2.05, 4.69) is 31.4 Å². The molecular weight excluding hydrogens is 434 g/mol. The lowest BCUT2D eigenvalue weighted by Gasteiger charge is -2.09. The first-order chi connectivity index (χ1) is 13.8. The highest BCUT2D eigenvalue weighted by Crippen LogP contribution is 2.23. The van der Waals surface area contributed by atoms with Crippen LogP contribution >= 0.6 is 15.9 Å². The van der Waals surface area contributed by atoms with Gasteiger partial charge in [0.2, 0.25) is 5.91 Å². The number of carbonyl (C=O) groups excluding carboxylic acids is 1. The Hall–Kier alpha value is -2.61. The van der Waals surface area contributed by atoms with E-state index < -0.39 is 0 Å². The predicted octanol–water partition coefficient (Wildman–Crippen LogP) is 4.16. The van der Waals surface area contributed by atoms with Crippen LogP contribution < -0.4 is 10.1 Å². The van der Waals surface area contributed by atoms with Gasteiger partial charge in [-0.3, -0.25) is 14.2 Å². The summed E-state index contributed by atoms with van der Waals surface area (Å²) in [5, 5.41) is 12.1. The van der Waals surface area contributed by atoms with E-state index in [0.717, 1.165) is 44.2 Å². The van der Waals surface area contributed by atoms with E-state index in [-0.39, 0.29) is 5.91 Å². The van der Waals surface area contributed by atoms with Gasteiger partial charge in [0.15, 0.2) is 0 Å². The fourth-order valence-corrected chi connectivity index (χ4v) is 3.56. The number of methoxy groups -OCH3 is 1. The summed E-state index contributed by atoms with van der Waals surface area (Å²) >= 11 is 3.52. The number of anilines is 1. The summed E-state index contributed by atoms with van der Waals surface area (Å²) in [5.74, 6) is 0.758. The van der Waals surface area contributed by atoms with Gasteiger partial charge in [0.1, 0.15) is 5.75 Å². The van der Waals surface area contributed by atoms with Crippen LogP contribution in [0.1, 0.15) is 34.8 Å². The lowest BCUT2D eigenvalue weighted by Crippen LogP contribution is -2.16. The lowest BCUT2D eigenvalue weighted by atomic mass is 10.2. The molecule has 7 nitrogen and oxygen atoms in total. The van der Waals surface area contributed by atoms with Crippen molar-refractivity contribution in [2.75, 3.05) is 12.4 Å². The zero-order valence-electron chi connectivity index (χ0n) is 17.4. The van der Waals surface area contributed by atoms with Crippen molar-refractivity contribution in [1.29, 1.82) is 0 Å². The van der Waals surface area contributed by atoms with Gasteiger partial charge in [-0.15, -0.1) is 0 Å². The molecule has 0 spiro atoms. The van der Waals surface area contributed by atoms with Gasteiger partial charge in [0.25, 0.3) is 0 Å². The summed E-state index contributed by atoms with van der Waals surface area (Å²) in [5.41, 5.74) is 5.53. The smallest absolute Gasteiger partial charge is 0.226 e. The Morgan fingerprint density at radius 2 is 1.83 bits per heavy atom. The number of carbonyl (C=O) groups is 1. The Labute approximate surface area is 179 Å². The van der Waals surface area contributed by atoms with E-state index in [0.29, 0.717) is 19.5 Å². The number of rotatable bonds is 7. The van der Waals surface area contributed by atoms with Crippen molar-refractivity contribution in [2.45, 2.75) is 47.2 Å². The number of benzene rings is 1. The van der Waals surface area contributed by atoms with Gasteiger partial charge in [0.05, 0.1) is 47.4 Å². The molecule has 29 heavy (non-hydrogen) atoms. The van der Waals surface area contributed by atoms with Gasteiger partial charge in [0, 0.05) is 12.1 Å². The van der Waals surface area contributed by atoms with Crippen LogP contribution in [0.3, 0.4) is 0 Å². The monoisotopic (exact) mass is 459 g/mol. The van der Waals surface area contributed by atoms with Crippen molar-refractivity contribution < 1.29 is 9.53 Å². The van der Waals surface area contributed by atoms with Gasteiger partial charge in [-0.1, -0.05) is 12.1 Å². The lowest BCUT2D eigenvalue weighted by molar-refractivity contribution is -0.116. The third-order valence-electron chi connectivity index (χ3n) is 4.96. The summed E-state index contributed by atoms with van der Waals surface area (Å²) in [6, 6.07) is 7.89. The number of ether oxygens (including phenoxy) is 1. The maximum absolute atomic E-state index is 12.5. The van der Waals surface area contributed by atoms with E-state index in [1.807, 2.05) is 61.3 Å². The molecule has 3 rings (SSSR count). The molecule has 1 aromatic carbocycles. The molecule has 2 heterocycles. The first kappa shape index (κ1) is 21.1. The molecule has 0 bridgehead atoms. The second-order valence-corrected chi connectivity index (χ2v) is 7.85. The number of nitrogens with one attached hydrogen (secondary N) is 1. The maximum Gasteiger partial charge on any atom is 0.226 e. The van der Waals surface area contributed by atoms with E-state index in [9.17, 15) is 4.79 Å². The summed E-state index contributed by atoms with van der Waals surface area (Å²) < 4.78 is 10.0. The zero-order chi connectivity index (χ0) is 21.1. The standard InChI is InChI=1S/C21H26BrN5O2/c1-13-20(22)15(3)26(24-13)10-9-19(28)23-21-14(2)25-27(16(21)4)12-17-7-6-8-18(11-17)29-5/h6-8,11H,9-10,12H2,1-5H3,(H,23,28). The molecule has 1 amide bonds. The van der Waals surface area contributed by atoms with Crippen LogP contribution in [0, 0.1) is 27.7 Å². The second-order valence-electron chi connectivity index (χ2n) is 7.06. The van der Waals surface area contributed by atoms with Crippen LogP contribution in [0.5, 0.6) is 5.75 Å². The number of hydrogen-bond acceptors (Lipinski definition) is 4. The third kappa shape index (κ3) is 4.70. The van der Waals surface area contributed by atoms with Crippen LogP contribution in [0.15, 0.2) is 28.7 Å². The summed E-state index contributed by atoms with van der Waals surface area (Å²) in [4.78, 5) is 12.5. The Kier molecular flexibility index (Phi) is 6.42. The molecule has 0 saturated carbocycles. The summed E-state index contributed by atoms with van der Waals surface area (Å²) in [6.07, 6.45) is 0.342. The number of amides is 1. The minimum atomic E-state index is -0.0548. The first-order valence-electron chi connectivity index (χ1n) is 9.46. The van der Waals surface area contributed by atoms with Gasteiger partial charge in [-0.25, -0.2) is 0 Å². The van der Waals surface area contributed by atoms with Crippen LogP contribution in [-0.4, -0.2) is 32.6 Å². The van der Waals surface area contributed by atoms with Crippen molar-refractivity contribution in [2.24, 2.45) is 0 Å². The third-order valence-corrected chi connectivity index (χ3v) is 6.10. The highest BCUT2D eigenvalue weighted by atomic mass is 79.9. The number of aryl methyl sites for hydroxylation is 3. The molecule has 2 aromatic heterocycles. The summed E-state index contributed by atoms with van der Waals surface area (Å²) in [7, 11) is 1.65. The normalized spacial score (nSPS) is 11.0. The highest BCUT2D eigenvalue weighted by Gasteiger charge is 2.16. The Bertz CT molecular complexity index is 1040. The quantitative estimate of drug-likeness (QED) is 0.575. The molecule has 0 aliphatic heterocycles. The molecule has 0 saturated heterocycles. The van der Waals surface area contributed by atoms with Crippen molar-refractivity contribution in [3.05, 3.63) is 57.1 Å². The molecule has 0 unspecified atom stereocenters. The molecule has 0 fully saturated rings. The van der Waals surface area contributed by atoms with E-state index in [1.165, 1.54) is 0 Å².